The van der Waals surface area contributed by atoms with Gasteiger partial charge in [0.25, 0.3) is 0 Å². The van der Waals surface area contributed by atoms with E-state index < -0.39 is 24.0 Å². The lowest BCUT2D eigenvalue weighted by Crippen LogP contribution is -2.46. The summed E-state index contributed by atoms with van der Waals surface area (Å²) in [6.45, 7) is 3.77. The molecule has 0 aliphatic heterocycles. The van der Waals surface area contributed by atoms with Crippen molar-refractivity contribution in [2.45, 2.75) is 31.1 Å². The Kier molecular flexibility index (Phi) is 6.98. The number of aliphatic hydroxyl groups is 1. The van der Waals surface area contributed by atoms with Gasteiger partial charge in [-0.15, -0.1) is 0 Å². The number of hydrogen-bond acceptors (Lipinski definition) is 4. The van der Waals surface area contributed by atoms with Crippen LogP contribution in [-0.4, -0.2) is 52.4 Å². The lowest BCUT2D eigenvalue weighted by molar-refractivity contribution is -0.141. The number of amides is 2. The highest BCUT2D eigenvalue weighted by Gasteiger charge is 2.24. The highest BCUT2D eigenvalue weighted by atomic mass is 32.2. The molecular weight excluding hydrogens is 244 g/mol. The van der Waals surface area contributed by atoms with E-state index in [4.69, 9.17) is 5.11 Å². The summed E-state index contributed by atoms with van der Waals surface area (Å²) in [7, 11) is 0. The van der Waals surface area contributed by atoms with Crippen LogP contribution in [0.4, 0.5) is 4.79 Å². The lowest BCUT2D eigenvalue weighted by Gasteiger charge is -2.21. The number of hydrogen-bond donors (Lipinski definition) is 4. The van der Waals surface area contributed by atoms with Crippen LogP contribution in [0.5, 0.6) is 0 Å². The Morgan fingerprint density at radius 2 is 2.00 bits per heavy atom. The van der Waals surface area contributed by atoms with Crippen LogP contribution in [0, 0.1) is 0 Å². The molecule has 0 fully saturated rings. The van der Waals surface area contributed by atoms with E-state index in [2.05, 4.69) is 10.6 Å². The van der Waals surface area contributed by atoms with Gasteiger partial charge in [0, 0.05) is 18.3 Å². The maximum Gasteiger partial charge on any atom is 0.314 e. The molecule has 2 amide bonds. The van der Waals surface area contributed by atoms with E-state index in [0.29, 0.717) is 11.8 Å². The number of carboxylic acid groups (broad SMARTS) is 1. The van der Waals surface area contributed by atoms with Crippen LogP contribution in [0.2, 0.25) is 0 Å². The van der Waals surface area contributed by atoms with Gasteiger partial charge in [-0.25, -0.2) is 4.79 Å². The van der Waals surface area contributed by atoms with Crippen LogP contribution in [0.15, 0.2) is 0 Å². The molecule has 0 aliphatic rings. The highest BCUT2D eigenvalue weighted by Crippen LogP contribution is 2.07. The summed E-state index contributed by atoms with van der Waals surface area (Å²) in [5.74, 6) is -1.10. The first-order valence-electron chi connectivity index (χ1n) is 5.25. The number of thioether (sulfide) groups is 1. The summed E-state index contributed by atoms with van der Waals surface area (Å²) in [4.78, 5) is 21.7. The second-order valence-electron chi connectivity index (χ2n) is 4.18. The number of carbonyl (C=O) groups is 2. The van der Waals surface area contributed by atoms with Crippen molar-refractivity contribution in [1.82, 2.24) is 10.6 Å². The van der Waals surface area contributed by atoms with Crippen molar-refractivity contribution < 1.29 is 19.8 Å². The largest absolute Gasteiger partial charge is 0.481 e. The van der Waals surface area contributed by atoms with E-state index in [1.165, 1.54) is 6.92 Å². The predicted octanol–water partition coefficient (Wildman–Crippen LogP) is 0.263. The third-order valence-corrected chi connectivity index (χ3v) is 3.09. The van der Waals surface area contributed by atoms with E-state index in [1.54, 1.807) is 11.8 Å². The molecule has 7 heteroatoms. The summed E-state index contributed by atoms with van der Waals surface area (Å²) >= 11 is 1.63. The van der Waals surface area contributed by atoms with Crippen molar-refractivity contribution in [1.29, 1.82) is 0 Å². The minimum atomic E-state index is -1.44. The maximum absolute atomic E-state index is 11.3. The number of aliphatic carboxylic acids is 1. The normalized spacial score (nSPS) is 15.8. The third-order valence-electron chi connectivity index (χ3n) is 2.11. The second kappa shape index (κ2) is 7.39. The maximum atomic E-state index is 11.3. The lowest BCUT2D eigenvalue weighted by atomic mass is 10.0. The van der Waals surface area contributed by atoms with Crippen LogP contribution >= 0.6 is 11.8 Å². The molecule has 0 aromatic carbocycles. The molecular formula is C10H20N2O4S. The minimum absolute atomic E-state index is 0.0984. The number of rotatable bonds is 7. The number of urea groups is 1. The summed E-state index contributed by atoms with van der Waals surface area (Å²) in [5, 5.41) is 23.5. The van der Waals surface area contributed by atoms with Crippen molar-refractivity contribution in [3.63, 3.8) is 0 Å². The molecule has 17 heavy (non-hydrogen) atoms. The molecule has 0 bridgehead atoms. The molecule has 0 aromatic heterocycles. The minimum Gasteiger partial charge on any atom is -0.481 e. The fourth-order valence-corrected chi connectivity index (χ4v) is 1.29. The molecule has 0 heterocycles. The summed E-state index contributed by atoms with van der Waals surface area (Å²) in [6.07, 6.45) is 1.54. The average molecular weight is 264 g/mol. The zero-order valence-corrected chi connectivity index (χ0v) is 11.1. The first-order valence-corrected chi connectivity index (χ1v) is 6.54. The average Bonchev–Trinajstić information content (AvgIpc) is 2.21. The molecule has 0 saturated carbocycles. The van der Waals surface area contributed by atoms with E-state index in [9.17, 15) is 14.7 Å². The van der Waals surface area contributed by atoms with Crippen LogP contribution in [-0.2, 0) is 4.79 Å². The zero-order chi connectivity index (χ0) is 13.5. The van der Waals surface area contributed by atoms with Crippen LogP contribution in [0.3, 0.4) is 0 Å². The topological polar surface area (TPSA) is 98.7 Å². The standard InChI is InChI=1S/C10H20N2O4S/c1-7(17-3)5-11-9(15)12-6-10(2,16)4-8(13)14/h7,16H,4-6H2,1-3H3,(H,13,14)(H2,11,12,15). The van der Waals surface area contributed by atoms with E-state index in [0.717, 1.165) is 0 Å². The molecule has 6 nitrogen and oxygen atoms in total. The Labute approximate surface area is 105 Å². The molecule has 0 aromatic rings. The molecule has 100 valence electrons. The van der Waals surface area contributed by atoms with Crippen molar-refractivity contribution in [3.8, 4) is 0 Å². The summed E-state index contributed by atoms with van der Waals surface area (Å²) in [5.41, 5.74) is -1.44. The number of carboxylic acids is 1. The molecule has 0 spiro atoms. The third kappa shape index (κ3) is 8.82. The SMILES string of the molecule is CSC(C)CNC(=O)NCC(C)(O)CC(=O)O. The van der Waals surface area contributed by atoms with Crippen LogP contribution in [0.25, 0.3) is 0 Å². The van der Waals surface area contributed by atoms with Gasteiger partial charge in [-0.1, -0.05) is 6.92 Å². The van der Waals surface area contributed by atoms with Gasteiger partial charge in [0.05, 0.1) is 12.0 Å². The summed E-state index contributed by atoms with van der Waals surface area (Å²) in [6, 6.07) is -0.406. The van der Waals surface area contributed by atoms with Gasteiger partial charge in [0.15, 0.2) is 0 Å². The smallest absolute Gasteiger partial charge is 0.314 e. The Bertz CT molecular complexity index is 271. The Morgan fingerprint density at radius 1 is 1.41 bits per heavy atom. The van der Waals surface area contributed by atoms with Gasteiger partial charge < -0.3 is 20.8 Å². The van der Waals surface area contributed by atoms with Gasteiger partial charge in [-0.2, -0.15) is 11.8 Å². The first-order chi connectivity index (χ1) is 7.76. The predicted molar refractivity (Wildman–Crippen MR) is 67.3 cm³/mol. The molecule has 4 N–H and O–H groups in total. The molecule has 0 aliphatic carbocycles. The van der Waals surface area contributed by atoms with Crippen LogP contribution in [0.1, 0.15) is 20.3 Å². The molecule has 2 unspecified atom stereocenters. The monoisotopic (exact) mass is 264 g/mol. The quantitative estimate of drug-likeness (QED) is 0.529. The van der Waals surface area contributed by atoms with Crippen molar-refractivity contribution in [2.75, 3.05) is 19.3 Å². The van der Waals surface area contributed by atoms with Gasteiger partial charge in [0.1, 0.15) is 0 Å². The fourth-order valence-electron chi connectivity index (χ4n) is 1.04. The van der Waals surface area contributed by atoms with E-state index in [-0.39, 0.29) is 6.54 Å². The van der Waals surface area contributed by atoms with E-state index >= 15 is 0 Å². The zero-order valence-electron chi connectivity index (χ0n) is 10.3. The number of carbonyl (C=O) groups excluding carboxylic acids is 1. The van der Waals surface area contributed by atoms with Crippen molar-refractivity contribution in [2.24, 2.45) is 0 Å². The molecule has 0 saturated heterocycles. The molecule has 0 rings (SSSR count). The number of nitrogens with one attached hydrogen (secondary N) is 2. The summed E-state index contributed by atoms with van der Waals surface area (Å²) < 4.78 is 0. The fraction of sp³-hybridized carbons (Fsp3) is 0.800. The van der Waals surface area contributed by atoms with Gasteiger partial charge in [0.2, 0.25) is 0 Å². The Hall–Kier alpha value is -0.950. The van der Waals surface area contributed by atoms with Gasteiger partial charge in [-0.3, -0.25) is 4.79 Å². The van der Waals surface area contributed by atoms with Gasteiger partial charge in [-0.05, 0) is 13.2 Å². The highest BCUT2D eigenvalue weighted by molar-refractivity contribution is 7.99. The Balaban J connectivity index is 3.86. The van der Waals surface area contributed by atoms with Crippen molar-refractivity contribution >= 4 is 23.8 Å². The first kappa shape index (κ1) is 16.1. The van der Waals surface area contributed by atoms with Crippen LogP contribution < -0.4 is 10.6 Å². The molecule has 0 radical (unpaired) electrons. The van der Waals surface area contributed by atoms with Gasteiger partial charge >= 0.3 is 12.0 Å². The van der Waals surface area contributed by atoms with Crippen molar-refractivity contribution in [3.05, 3.63) is 0 Å². The van der Waals surface area contributed by atoms with E-state index in [1.807, 2.05) is 13.2 Å². The molecule has 2 atom stereocenters. The Morgan fingerprint density at radius 3 is 2.47 bits per heavy atom. The second-order valence-corrected chi connectivity index (χ2v) is 5.45.